The Labute approximate surface area is 132 Å². The molecule has 1 heterocycles. The van der Waals surface area contributed by atoms with Gasteiger partial charge in [-0.05, 0) is 25.3 Å². The highest BCUT2D eigenvalue weighted by molar-refractivity contribution is 5.81. The van der Waals surface area contributed by atoms with E-state index in [-0.39, 0.29) is 24.7 Å². The number of ether oxygens (including phenoxy) is 1. The van der Waals surface area contributed by atoms with Gasteiger partial charge in [0.2, 0.25) is 5.91 Å². The van der Waals surface area contributed by atoms with Crippen LogP contribution >= 0.6 is 0 Å². The maximum Gasteiger partial charge on any atom is 0.306 e. The molecule has 0 spiro atoms. The average molecular weight is 303 g/mol. The van der Waals surface area contributed by atoms with E-state index in [0.29, 0.717) is 12.5 Å². The van der Waals surface area contributed by atoms with Crippen LogP contribution in [-0.4, -0.2) is 36.5 Å². The number of likely N-dealkylation sites (tertiary alicyclic amines) is 1. The number of nitrogens with zero attached hydrogens (tertiary/aromatic N) is 1. The zero-order valence-electron chi connectivity index (χ0n) is 13.3. The molecule has 120 valence electrons. The summed E-state index contributed by atoms with van der Waals surface area (Å²) in [6.07, 6.45) is 3.72. The van der Waals surface area contributed by atoms with Gasteiger partial charge in [0, 0.05) is 25.4 Å². The van der Waals surface area contributed by atoms with E-state index in [9.17, 15) is 9.59 Å². The fourth-order valence-electron chi connectivity index (χ4n) is 2.97. The number of hydrogen-bond donors (Lipinski definition) is 0. The minimum atomic E-state index is -0.287. The van der Waals surface area contributed by atoms with Crippen LogP contribution < -0.4 is 0 Å². The molecule has 0 aromatic heterocycles. The molecular formula is C18H25NO3. The molecule has 1 aliphatic heterocycles. The molecule has 4 heteroatoms. The molecular weight excluding hydrogens is 278 g/mol. The summed E-state index contributed by atoms with van der Waals surface area (Å²) in [6, 6.07) is 10.4. The van der Waals surface area contributed by atoms with Gasteiger partial charge in [0.25, 0.3) is 0 Å². The van der Waals surface area contributed by atoms with Gasteiger partial charge in [-0.15, -0.1) is 0 Å². The van der Waals surface area contributed by atoms with E-state index in [0.717, 1.165) is 32.4 Å². The molecule has 1 aromatic carbocycles. The second-order valence-corrected chi connectivity index (χ2v) is 5.75. The van der Waals surface area contributed by atoms with Crippen LogP contribution in [0.4, 0.5) is 0 Å². The van der Waals surface area contributed by atoms with Crippen molar-refractivity contribution in [2.24, 2.45) is 0 Å². The molecule has 2 rings (SSSR count). The van der Waals surface area contributed by atoms with Crippen LogP contribution in [-0.2, 0) is 14.3 Å². The summed E-state index contributed by atoms with van der Waals surface area (Å²) in [5, 5.41) is 0. The predicted molar refractivity (Wildman–Crippen MR) is 85.5 cm³/mol. The van der Waals surface area contributed by atoms with Gasteiger partial charge in [-0.25, -0.2) is 0 Å². The molecule has 0 saturated carbocycles. The van der Waals surface area contributed by atoms with Crippen LogP contribution in [0.1, 0.15) is 50.5 Å². The Hall–Kier alpha value is -1.84. The van der Waals surface area contributed by atoms with E-state index < -0.39 is 0 Å². The average Bonchev–Trinajstić information content (AvgIpc) is 2.80. The van der Waals surface area contributed by atoms with Crippen LogP contribution in [0.15, 0.2) is 30.3 Å². The van der Waals surface area contributed by atoms with Crippen LogP contribution in [0.5, 0.6) is 0 Å². The summed E-state index contributed by atoms with van der Waals surface area (Å²) < 4.78 is 4.89. The van der Waals surface area contributed by atoms with Crippen molar-refractivity contribution in [3.63, 3.8) is 0 Å². The lowest BCUT2D eigenvalue weighted by atomic mass is 9.94. The Kier molecular flexibility index (Phi) is 6.44. The first kappa shape index (κ1) is 16.5. The zero-order chi connectivity index (χ0) is 15.8. The van der Waals surface area contributed by atoms with Gasteiger partial charge in [-0.1, -0.05) is 36.8 Å². The van der Waals surface area contributed by atoms with Gasteiger partial charge in [-0.3, -0.25) is 9.59 Å². The van der Waals surface area contributed by atoms with Crippen molar-refractivity contribution in [2.45, 2.75) is 44.9 Å². The number of esters is 1. The number of hydrogen-bond acceptors (Lipinski definition) is 3. The van der Waals surface area contributed by atoms with Crippen LogP contribution in [0.25, 0.3) is 0 Å². The van der Waals surface area contributed by atoms with Crippen LogP contribution in [0, 0.1) is 0 Å². The second-order valence-electron chi connectivity index (χ2n) is 5.75. The van der Waals surface area contributed by atoms with Gasteiger partial charge >= 0.3 is 5.97 Å². The minimum absolute atomic E-state index is 0.0656. The Bertz CT molecular complexity index is 486. The van der Waals surface area contributed by atoms with Crippen molar-refractivity contribution in [2.75, 3.05) is 19.7 Å². The summed E-state index contributed by atoms with van der Waals surface area (Å²) in [6.45, 7) is 3.70. The maximum absolute atomic E-state index is 12.4. The van der Waals surface area contributed by atoms with E-state index in [1.807, 2.05) is 23.1 Å². The Morgan fingerprint density at radius 2 is 1.95 bits per heavy atom. The number of carbonyl (C=O) groups is 2. The summed E-state index contributed by atoms with van der Waals surface area (Å²) in [5.41, 5.74) is 1.30. The lowest BCUT2D eigenvalue weighted by Gasteiger charge is -2.25. The fourth-order valence-corrected chi connectivity index (χ4v) is 2.97. The van der Waals surface area contributed by atoms with E-state index in [4.69, 9.17) is 4.74 Å². The molecule has 4 nitrogen and oxygen atoms in total. The molecule has 0 radical (unpaired) electrons. The summed E-state index contributed by atoms with van der Waals surface area (Å²) in [5.74, 6) is 0.177. The topological polar surface area (TPSA) is 46.6 Å². The molecule has 1 aliphatic rings. The SMILES string of the molecule is CCOC(=O)CCC(=O)N1CCCCC(c2ccccc2)C1. The van der Waals surface area contributed by atoms with E-state index in [1.165, 1.54) is 5.56 Å². The highest BCUT2D eigenvalue weighted by Crippen LogP contribution is 2.26. The van der Waals surface area contributed by atoms with Gasteiger partial charge < -0.3 is 9.64 Å². The third-order valence-corrected chi connectivity index (χ3v) is 4.14. The van der Waals surface area contributed by atoms with E-state index >= 15 is 0 Å². The molecule has 1 aromatic rings. The monoisotopic (exact) mass is 303 g/mol. The molecule has 22 heavy (non-hydrogen) atoms. The lowest BCUT2D eigenvalue weighted by molar-refractivity contribution is -0.145. The van der Waals surface area contributed by atoms with Crippen molar-refractivity contribution in [3.8, 4) is 0 Å². The van der Waals surface area contributed by atoms with E-state index in [2.05, 4.69) is 12.1 Å². The number of carbonyl (C=O) groups excluding carboxylic acids is 2. The molecule has 1 saturated heterocycles. The molecule has 1 atom stereocenters. The number of rotatable bonds is 5. The van der Waals surface area contributed by atoms with Crippen LogP contribution in [0.3, 0.4) is 0 Å². The highest BCUT2D eigenvalue weighted by Gasteiger charge is 2.23. The quantitative estimate of drug-likeness (QED) is 0.785. The molecule has 1 amide bonds. The third-order valence-electron chi connectivity index (χ3n) is 4.14. The summed E-state index contributed by atoms with van der Waals surface area (Å²) in [7, 11) is 0. The Morgan fingerprint density at radius 3 is 2.68 bits per heavy atom. The number of benzene rings is 1. The molecule has 0 bridgehead atoms. The minimum Gasteiger partial charge on any atom is -0.466 e. The second kappa shape index (κ2) is 8.57. The predicted octanol–water partition coefficient (Wildman–Crippen LogP) is 3.13. The Balaban J connectivity index is 1.92. The van der Waals surface area contributed by atoms with Crippen molar-refractivity contribution < 1.29 is 14.3 Å². The molecule has 0 aliphatic carbocycles. The maximum atomic E-state index is 12.4. The van der Waals surface area contributed by atoms with Gasteiger partial charge in [0.1, 0.15) is 0 Å². The van der Waals surface area contributed by atoms with Crippen LogP contribution in [0.2, 0.25) is 0 Å². The van der Waals surface area contributed by atoms with Crippen molar-refractivity contribution in [1.82, 2.24) is 4.90 Å². The first-order chi connectivity index (χ1) is 10.7. The van der Waals surface area contributed by atoms with Crippen molar-refractivity contribution in [1.29, 1.82) is 0 Å². The number of amides is 1. The van der Waals surface area contributed by atoms with E-state index in [1.54, 1.807) is 6.92 Å². The third kappa shape index (κ3) is 4.86. The summed E-state index contributed by atoms with van der Waals surface area (Å²) in [4.78, 5) is 25.7. The normalized spacial score (nSPS) is 18.6. The zero-order valence-corrected chi connectivity index (χ0v) is 13.3. The van der Waals surface area contributed by atoms with Gasteiger partial charge in [0.15, 0.2) is 0 Å². The standard InChI is InChI=1S/C18H25NO3/c1-2-22-18(21)12-11-17(20)19-13-7-6-10-16(14-19)15-8-4-3-5-9-15/h3-5,8-9,16H,2,6-7,10-14H2,1H3. The van der Waals surface area contributed by atoms with Gasteiger partial charge in [0.05, 0.1) is 13.0 Å². The summed E-state index contributed by atoms with van der Waals surface area (Å²) >= 11 is 0. The van der Waals surface area contributed by atoms with Crippen molar-refractivity contribution in [3.05, 3.63) is 35.9 Å². The lowest BCUT2D eigenvalue weighted by Crippen LogP contribution is -2.34. The molecule has 1 unspecified atom stereocenters. The molecule has 0 N–H and O–H groups in total. The smallest absolute Gasteiger partial charge is 0.306 e. The fraction of sp³-hybridized carbons (Fsp3) is 0.556. The highest BCUT2D eigenvalue weighted by atomic mass is 16.5. The Morgan fingerprint density at radius 1 is 1.18 bits per heavy atom. The first-order valence-corrected chi connectivity index (χ1v) is 8.19. The largest absolute Gasteiger partial charge is 0.466 e. The van der Waals surface area contributed by atoms with Crippen molar-refractivity contribution >= 4 is 11.9 Å². The molecule has 1 fully saturated rings. The van der Waals surface area contributed by atoms with Gasteiger partial charge in [-0.2, -0.15) is 0 Å². The first-order valence-electron chi connectivity index (χ1n) is 8.19.